The Hall–Kier alpha value is -1.46. The van der Waals surface area contributed by atoms with Crippen LogP contribution in [-0.4, -0.2) is 34.1 Å². The Morgan fingerprint density at radius 3 is 2.53 bits per heavy atom. The molecule has 0 amide bonds. The molecule has 1 atom stereocenters. The molecular formula is C14H22N2O3. The number of nitrogens with zero attached hydrogens (tertiary/aromatic N) is 2. The SMILES string of the molecule is Cc1ccc([N+](=O)[O-])cc1C(C)N(C)CC(C)(C)O. The van der Waals surface area contributed by atoms with E-state index in [1.54, 1.807) is 26.0 Å². The Morgan fingerprint density at radius 2 is 2.05 bits per heavy atom. The molecule has 0 aliphatic carbocycles. The minimum absolute atomic E-state index is 0.00586. The molecule has 0 aromatic heterocycles. The van der Waals surface area contributed by atoms with Gasteiger partial charge in [-0.2, -0.15) is 0 Å². The lowest BCUT2D eigenvalue weighted by Crippen LogP contribution is -2.37. The normalized spacial score (nSPS) is 13.6. The van der Waals surface area contributed by atoms with E-state index >= 15 is 0 Å². The largest absolute Gasteiger partial charge is 0.389 e. The Kier molecular flexibility index (Phi) is 4.66. The topological polar surface area (TPSA) is 66.6 Å². The Morgan fingerprint density at radius 1 is 1.47 bits per heavy atom. The highest BCUT2D eigenvalue weighted by molar-refractivity contribution is 5.40. The number of aryl methyl sites for hydroxylation is 1. The van der Waals surface area contributed by atoms with E-state index in [2.05, 4.69) is 0 Å². The van der Waals surface area contributed by atoms with Gasteiger partial charge in [0, 0.05) is 24.7 Å². The van der Waals surface area contributed by atoms with E-state index in [4.69, 9.17) is 0 Å². The highest BCUT2D eigenvalue weighted by Crippen LogP contribution is 2.27. The van der Waals surface area contributed by atoms with Gasteiger partial charge in [-0.15, -0.1) is 0 Å². The molecule has 0 saturated carbocycles. The van der Waals surface area contributed by atoms with Crippen LogP contribution in [0.4, 0.5) is 5.69 Å². The summed E-state index contributed by atoms with van der Waals surface area (Å²) in [5.74, 6) is 0. The molecule has 1 aromatic rings. The molecule has 0 radical (unpaired) electrons. The first-order chi connectivity index (χ1) is 8.61. The van der Waals surface area contributed by atoms with Gasteiger partial charge >= 0.3 is 0 Å². The highest BCUT2D eigenvalue weighted by atomic mass is 16.6. The molecule has 5 nitrogen and oxygen atoms in total. The molecule has 0 saturated heterocycles. The molecule has 0 bridgehead atoms. The third-order valence-electron chi connectivity index (χ3n) is 3.22. The fraction of sp³-hybridized carbons (Fsp3) is 0.571. The molecule has 0 spiro atoms. The molecule has 0 fully saturated rings. The van der Waals surface area contributed by atoms with Crippen molar-refractivity contribution in [2.45, 2.75) is 39.3 Å². The number of aliphatic hydroxyl groups is 1. The lowest BCUT2D eigenvalue weighted by Gasteiger charge is -2.31. The van der Waals surface area contributed by atoms with Gasteiger partial charge in [0.05, 0.1) is 10.5 Å². The van der Waals surface area contributed by atoms with Crippen molar-refractivity contribution in [2.24, 2.45) is 0 Å². The van der Waals surface area contributed by atoms with Gasteiger partial charge in [0.1, 0.15) is 0 Å². The molecule has 0 aliphatic heterocycles. The van der Waals surface area contributed by atoms with E-state index in [-0.39, 0.29) is 16.7 Å². The monoisotopic (exact) mass is 266 g/mol. The quantitative estimate of drug-likeness (QED) is 0.657. The van der Waals surface area contributed by atoms with Crippen LogP contribution < -0.4 is 0 Å². The summed E-state index contributed by atoms with van der Waals surface area (Å²) in [6.07, 6.45) is 0. The second-order valence-electron chi connectivity index (χ2n) is 5.70. The van der Waals surface area contributed by atoms with Gasteiger partial charge in [0.2, 0.25) is 0 Å². The molecule has 1 N–H and O–H groups in total. The molecule has 106 valence electrons. The van der Waals surface area contributed by atoms with Crippen molar-refractivity contribution >= 4 is 5.69 Å². The summed E-state index contributed by atoms with van der Waals surface area (Å²) >= 11 is 0. The summed E-state index contributed by atoms with van der Waals surface area (Å²) in [6.45, 7) is 7.91. The second kappa shape index (κ2) is 5.67. The van der Waals surface area contributed by atoms with Crippen LogP contribution in [0, 0.1) is 17.0 Å². The summed E-state index contributed by atoms with van der Waals surface area (Å²) in [5, 5.41) is 20.7. The fourth-order valence-electron chi connectivity index (χ4n) is 2.18. The fourth-order valence-corrected chi connectivity index (χ4v) is 2.18. The van der Waals surface area contributed by atoms with Crippen molar-refractivity contribution in [3.63, 3.8) is 0 Å². The molecule has 5 heteroatoms. The highest BCUT2D eigenvalue weighted by Gasteiger charge is 2.22. The summed E-state index contributed by atoms with van der Waals surface area (Å²) in [6, 6.07) is 4.90. The van der Waals surface area contributed by atoms with Crippen molar-refractivity contribution in [3.05, 3.63) is 39.4 Å². The van der Waals surface area contributed by atoms with Crippen molar-refractivity contribution in [1.29, 1.82) is 0 Å². The molecule has 1 rings (SSSR count). The molecule has 0 aliphatic rings. The Bertz CT molecular complexity index is 466. The van der Waals surface area contributed by atoms with Gasteiger partial charge < -0.3 is 5.11 Å². The van der Waals surface area contributed by atoms with Gasteiger partial charge in [-0.3, -0.25) is 15.0 Å². The van der Waals surface area contributed by atoms with Crippen LogP contribution in [0.1, 0.15) is 37.9 Å². The molecule has 19 heavy (non-hydrogen) atoms. The standard InChI is InChI=1S/C14H22N2O3/c1-10-6-7-12(16(18)19)8-13(10)11(2)15(5)9-14(3,4)17/h6-8,11,17H,9H2,1-5H3. The molecule has 1 unspecified atom stereocenters. The average Bonchev–Trinajstić information content (AvgIpc) is 2.26. The number of nitro benzene ring substituents is 1. The lowest BCUT2D eigenvalue weighted by molar-refractivity contribution is -0.385. The van der Waals surface area contributed by atoms with Gasteiger partial charge in [-0.1, -0.05) is 6.07 Å². The zero-order valence-corrected chi connectivity index (χ0v) is 12.2. The number of rotatable bonds is 5. The number of likely N-dealkylation sites (N-methyl/N-ethyl adjacent to an activating group) is 1. The first-order valence-electron chi connectivity index (χ1n) is 6.29. The zero-order chi connectivity index (χ0) is 14.8. The van der Waals surface area contributed by atoms with E-state index in [9.17, 15) is 15.2 Å². The maximum atomic E-state index is 10.8. The molecular weight excluding hydrogens is 244 g/mol. The van der Waals surface area contributed by atoms with Crippen LogP contribution in [0.2, 0.25) is 0 Å². The number of benzene rings is 1. The van der Waals surface area contributed by atoms with Crippen molar-refractivity contribution in [3.8, 4) is 0 Å². The zero-order valence-electron chi connectivity index (χ0n) is 12.2. The van der Waals surface area contributed by atoms with Crippen LogP contribution in [0.5, 0.6) is 0 Å². The summed E-state index contributed by atoms with van der Waals surface area (Å²) < 4.78 is 0. The predicted molar refractivity (Wildman–Crippen MR) is 75.2 cm³/mol. The molecule has 1 aromatic carbocycles. The van der Waals surface area contributed by atoms with Crippen molar-refractivity contribution in [2.75, 3.05) is 13.6 Å². The summed E-state index contributed by atoms with van der Waals surface area (Å²) in [5.41, 5.74) is 1.24. The van der Waals surface area contributed by atoms with Gasteiger partial charge in [0.25, 0.3) is 5.69 Å². The van der Waals surface area contributed by atoms with Crippen LogP contribution in [0.3, 0.4) is 0 Å². The van der Waals surface area contributed by atoms with Gasteiger partial charge in [-0.25, -0.2) is 0 Å². The maximum Gasteiger partial charge on any atom is 0.269 e. The van der Waals surface area contributed by atoms with Crippen LogP contribution >= 0.6 is 0 Å². The second-order valence-corrected chi connectivity index (χ2v) is 5.70. The van der Waals surface area contributed by atoms with Gasteiger partial charge in [-0.05, 0) is 45.9 Å². The lowest BCUT2D eigenvalue weighted by atomic mass is 9.99. The van der Waals surface area contributed by atoms with Crippen LogP contribution in [-0.2, 0) is 0 Å². The van der Waals surface area contributed by atoms with Crippen molar-refractivity contribution in [1.82, 2.24) is 4.90 Å². The number of non-ortho nitro benzene ring substituents is 1. The number of hydrogen-bond donors (Lipinski definition) is 1. The predicted octanol–water partition coefficient (Wildman–Crippen LogP) is 2.67. The smallest absolute Gasteiger partial charge is 0.269 e. The minimum atomic E-state index is -0.794. The minimum Gasteiger partial charge on any atom is -0.389 e. The van der Waals surface area contributed by atoms with E-state index in [1.807, 2.05) is 25.8 Å². The summed E-state index contributed by atoms with van der Waals surface area (Å²) in [7, 11) is 1.90. The third kappa shape index (κ3) is 4.29. The maximum absolute atomic E-state index is 10.8. The Balaban J connectivity index is 3.01. The average molecular weight is 266 g/mol. The number of nitro groups is 1. The van der Waals surface area contributed by atoms with Crippen molar-refractivity contribution < 1.29 is 10.0 Å². The van der Waals surface area contributed by atoms with E-state index in [0.29, 0.717) is 6.54 Å². The number of hydrogen-bond acceptors (Lipinski definition) is 4. The first kappa shape index (κ1) is 15.6. The van der Waals surface area contributed by atoms with E-state index in [0.717, 1.165) is 11.1 Å². The van der Waals surface area contributed by atoms with Gasteiger partial charge in [0.15, 0.2) is 0 Å². The van der Waals surface area contributed by atoms with E-state index in [1.165, 1.54) is 6.07 Å². The first-order valence-corrected chi connectivity index (χ1v) is 6.29. The van der Waals surface area contributed by atoms with Crippen LogP contribution in [0.15, 0.2) is 18.2 Å². The van der Waals surface area contributed by atoms with Crippen LogP contribution in [0.25, 0.3) is 0 Å². The molecule has 0 heterocycles. The van der Waals surface area contributed by atoms with E-state index < -0.39 is 5.60 Å². The third-order valence-corrected chi connectivity index (χ3v) is 3.22. The summed E-state index contributed by atoms with van der Waals surface area (Å²) in [4.78, 5) is 12.4. The Labute approximate surface area is 114 Å².